The zero-order valence-corrected chi connectivity index (χ0v) is 29.5. The standard InChI is InChI=1S/C36H45ClN4O6S/c1-35(2)33(42)38-48(44,39-34(43)40-16-6-17-40)27-11-14-32-30(20-27)41(21-25-9-12-28(25)31(45-3)8-5-18-47-35)22-36(23-46-32)15-4-7-24-19-26(37)10-13-29(24)36/h5,8,10-11,13-14,19-20,25,28,31H,4,6-7,9,12,15-18,21-23H2,1-3H3,(H,38,39,42,43,44)/b8-5+/t25-,28+,31-,36-,48+/m0/s1. The molecule has 3 aliphatic heterocycles. The first-order valence-corrected chi connectivity index (χ1v) is 18.9. The van der Waals surface area contributed by atoms with Crippen LogP contribution < -0.4 is 14.4 Å². The number of rotatable bonds is 2. The van der Waals surface area contributed by atoms with Crippen LogP contribution in [-0.2, 0) is 36.0 Å². The highest BCUT2D eigenvalue weighted by molar-refractivity contribution is 7.92. The number of aryl methyl sites for hydroxylation is 1. The van der Waals surface area contributed by atoms with E-state index in [0.717, 1.165) is 55.8 Å². The van der Waals surface area contributed by atoms with Crippen molar-refractivity contribution >= 4 is 39.1 Å². The Morgan fingerprint density at radius 2 is 1.98 bits per heavy atom. The lowest BCUT2D eigenvalue weighted by Crippen LogP contribution is -2.50. The van der Waals surface area contributed by atoms with E-state index in [0.29, 0.717) is 43.8 Å². The molecule has 2 fully saturated rings. The van der Waals surface area contributed by atoms with Crippen molar-refractivity contribution in [2.75, 3.05) is 51.4 Å². The molecule has 0 radical (unpaired) electrons. The van der Waals surface area contributed by atoms with Gasteiger partial charge >= 0.3 is 6.03 Å². The largest absolute Gasteiger partial charge is 0.490 e. The maximum atomic E-state index is 14.9. The molecule has 3 heterocycles. The van der Waals surface area contributed by atoms with Crippen LogP contribution in [0.3, 0.4) is 0 Å². The van der Waals surface area contributed by atoms with Gasteiger partial charge in [-0.1, -0.05) is 29.8 Å². The fraction of sp³-hybridized carbons (Fsp3) is 0.556. The number of likely N-dealkylation sites (tertiary alicyclic amines) is 1. The van der Waals surface area contributed by atoms with Crippen LogP contribution >= 0.6 is 11.6 Å². The second-order valence-corrected chi connectivity index (χ2v) is 16.7. The Morgan fingerprint density at radius 1 is 1.15 bits per heavy atom. The molecule has 12 heteroatoms. The fourth-order valence-corrected chi connectivity index (χ4v) is 9.58. The second-order valence-electron chi connectivity index (χ2n) is 14.4. The van der Waals surface area contributed by atoms with Crippen molar-refractivity contribution in [1.82, 2.24) is 9.62 Å². The van der Waals surface area contributed by atoms with Crippen molar-refractivity contribution in [3.63, 3.8) is 0 Å². The Morgan fingerprint density at radius 3 is 2.71 bits per heavy atom. The van der Waals surface area contributed by atoms with Crippen molar-refractivity contribution < 1.29 is 28.0 Å². The number of anilines is 1. The van der Waals surface area contributed by atoms with Crippen LogP contribution in [0.25, 0.3) is 0 Å². The van der Waals surface area contributed by atoms with E-state index in [2.05, 4.69) is 26.1 Å². The second kappa shape index (κ2) is 13.0. The van der Waals surface area contributed by atoms with Gasteiger partial charge < -0.3 is 24.0 Å². The predicted octanol–water partition coefficient (Wildman–Crippen LogP) is 5.90. The Kier molecular flexibility index (Phi) is 9.02. The van der Waals surface area contributed by atoms with Crippen LogP contribution in [0, 0.1) is 11.8 Å². The van der Waals surface area contributed by atoms with E-state index in [9.17, 15) is 13.8 Å². The number of ether oxygens (including phenoxy) is 3. The fourth-order valence-electron chi connectivity index (χ4n) is 7.77. The molecule has 2 aliphatic carbocycles. The van der Waals surface area contributed by atoms with E-state index in [4.69, 9.17) is 25.8 Å². The molecule has 1 N–H and O–H groups in total. The summed E-state index contributed by atoms with van der Waals surface area (Å²) in [5.41, 5.74) is 1.61. The molecule has 0 unspecified atom stereocenters. The minimum Gasteiger partial charge on any atom is -0.490 e. The minimum atomic E-state index is -3.76. The van der Waals surface area contributed by atoms with Gasteiger partial charge in [0.25, 0.3) is 5.91 Å². The van der Waals surface area contributed by atoms with E-state index in [-0.39, 0.29) is 23.0 Å². The number of halogens is 1. The lowest BCUT2D eigenvalue weighted by molar-refractivity contribution is -0.137. The van der Waals surface area contributed by atoms with E-state index >= 15 is 0 Å². The summed E-state index contributed by atoms with van der Waals surface area (Å²) in [5.74, 6) is 0.584. The molecule has 48 heavy (non-hydrogen) atoms. The van der Waals surface area contributed by atoms with Crippen LogP contribution in [0.4, 0.5) is 10.5 Å². The lowest BCUT2D eigenvalue weighted by atomic mass is 9.68. The predicted molar refractivity (Wildman–Crippen MR) is 185 cm³/mol. The SMILES string of the molecule is CO[C@H]1/C=C/COC(C)(C)C(=O)N=[S@@](=O)(NC(=O)N2CCC2)c2ccc3c(c2)N(C[C@@H]2CC[C@H]21)C[C@@]1(CCCc2cc(Cl)ccc21)CO3. The number of nitrogens with zero attached hydrogens (tertiary/aromatic N) is 3. The molecule has 2 aromatic carbocycles. The van der Waals surface area contributed by atoms with Crippen molar-refractivity contribution in [3.8, 4) is 5.75 Å². The van der Waals surface area contributed by atoms with Gasteiger partial charge in [0.05, 0.1) is 29.9 Å². The summed E-state index contributed by atoms with van der Waals surface area (Å²) in [6.07, 6.45) is 9.71. The molecule has 3 amide bonds. The molecule has 5 aliphatic rings. The summed E-state index contributed by atoms with van der Waals surface area (Å²) in [7, 11) is -2.02. The summed E-state index contributed by atoms with van der Waals surface area (Å²) in [6.45, 7) is 6.38. The van der Waals surface area contributed by atoms with Crippen LogP contribution in [0.15, 0.2) is 57.8 Å². The maximum absolute atomic E-state index is 14.9. The van der Waals surface area contributed by atoms with Gasteiger partial charge in [0.15, 0.2) is 9.92 Å². The molecule has 258 valence electrons. The number of carbonyl (C=O) groups is 2. The smallest absolute Gasteiger partial charge is 0.330 e. The Labute approximate surface area is 288 Å². The minimum absolute atomic E-state index is 0.0975. The molecule has 1 spiro atoms. The van der Waals surface area contributed by atoms with E-state index in [1.807, 2.05) is 18.2 Å². The summed E-state index contributed by atoms with van der Waals surface area (Å²) >= 11 is 6.46. The Hall–Kier alpha value is -3.12. The third-order valence-corrected chi connectivity index (χ3v) is 12.9. The quantitative estimate of drug-likeness (QED) is 0.390. The molecule has 7 rings (SSSR count). The van der Waals surface area contributed by atoms with E-state index in [1.165, 1.54) is 11.1 Å². The number of carbonyl (C=O) groups excluding carboxylic acids is 2. The highest BCUT2D eigenvalue weighted by Gasteiger charge is 2.45. The number of methoxy groups -OCH3 is 1. The average molecular weight is 697 g/mol. The van der Waals surface area contributed by atoms with Gasteiger partial charge in [-0.25, -0.2) is 13.7 Å². The molecule has 10 nitrogen and oxygen atoms in total. The molecule has 2 aromatic rings. The number of urea groups is 1. The van der Waals surface area contributed by atoms with Crippen LogP contribution in [0.5, 0.6) is 5.75 Å². The zero-order valence-electron chi connectivity index (χ0n) is 27.9. The monoisotopic (exact) mass is 696 g/mol. The topological polar surface area (TPSA) is 110 Å². The van der Waals surface area contributed by atoms with E-state index < -0.39 is 27.5 Å². The van der Waals surface area contributed by atoms with Crippen molar-refractivity contribution in [2.45, 2.75) is 74.4 Å². The normalized spacial score (nSPS) is 31.9. The van der Waals surface area contributed by atoms with Gasteiger partial charge in [0.2, 0.25) is 0 Å². The first kappa shape index (κ1) is 33.4. The first-order chi connectivity index (χ1) is 23.0. The van der Waals surface area contributed by atoms with Crippen LogP contribution in [-0.4, -0.2) is 79.3 Å². The number of nitrogens with one attached hydrogen (secondary N) is 1. The Balaban J connectivity index is 1.36. The van der Waals surface area contributed by atoms with Gasteiger partial charge in [0.1, 0.15) is 11.4 Å². The van der Waals surface area contributed by atoms with Crippen molar-refractivity contribution in [3.05, 3.63) is 64.7 Å². The van der Waals surface area contributed by atoms with Gasteiger partial charge in [-0.15, -0.1) is 4.36 Å². The molecule has 2 bridgehead atoms. The molecule has 0 aromatic heterocycles. The third kappa shape index (κ3) is 6.23. The maximum Gasteiger partial charge on any atom is 0.330 e. The summed E-state index contributed by atoms with van der Waals surface area (Å²) in [6, 6.07) is 11.0. The zero-order chi connectivity index (χ0) is 33.7. The van der Waals surface area contributed by atoms with Crippen LogP contribution in [0.2, 0.25) is 5.02 Å². The summed E-state index contributed by atoms with van der Waals surface area (Å²) < 4.78 is 40.4. The average Bonchev–Trinajstić information content (AvgIpc) is 3.16. The number of fused-ring (bicyclic) bond motifs is 4. The Bertz CT molecular complexity index is 1750. The molecular formula is C36H45ClN4O6S. The number of hydrogen-bond acceptors (Lipinski definition) is 7. The van der Waals surface area contributed by atoms with Gasteiger partial charge in [-0.2, -0.15) is 0 Å². The third-order valence-electron chi connectivity index (χ3n) is 10.9. The first-order valence-electron chi connectivity index (χ1n) is 17.0. The number of benzene rings is 2. The van der Waals surface area contributed by atoms with E-state index in [1.54, 1.807) is 44.1 Å². The lowest BCUT2D eigenvalue weighted by Gasteiger charge is -2.46. The molecular weight excluding hydrogens is 652 g/mol. The van der Waals surface area contributed by atoms with Gasteiger partial charge in [-0.05, 0) is 106 Å². The molecule has 5 atom stereocenters. The molecule has 1 saturated carbocycles. The highest BCUT2D eigenvalue weighted by atomic mass is 35.5. The highest BCUT2D eigenvalue weighted by Crippen LogP contribution is 2.47. The number of amides is 3. The van der Waals surface area contributed by atoms with Crippen molar-refractivity contribution in [1.29, 1.82) is 0 Å². The summed E-state index contributed by atoms with van der Waals surface area (Å²) in [4.78, 5) is 31.1. The van der Waals surface area contributed by atoms with Crippen molar-refractivity contribution in [2.24, 2.45) is 16.2 Å². The van der Waals surface area contributed by atoms with Gasteiger partial charge in [-0.3, -0.25) is 4.79 Å². The molecule has 1 saturated heterocycles. The number of hydrogen-bond donors (Lipinski definition) is 1. The van der Waals surface area contributed by atoms with Gasteiger partial charge in [0, 0.05) is 43.7 Å². The summed E-state index contributed by atoms with van der Waals surface area (Å²) in [5, 5.41) is 0.733. The van der Waals surface area contributed by atoms with Crippen LogP contribution in [0.1, 0.15) is 57.1 Å².